The van der Waals surface area contributed by atoms with Crippen molar-refractivity contribution in [1.82, 2.24) is 9.97 Å². The average Bonchev–Trinajstić information content (AvgIpc) is 2.78. The highest BCUT2D eigenvalue weighted by Gasteiger charge is 2.22. The van der Waals surface area contributed by atoms with Gasteiger partial charge in [0.05, 0.1) is 6.20 Å². The van der Waals surface area contributed by atoms with Crippen molar-refractivity contribution in [3.63, 3.8) is 0 Å². The van der Waals surface area contributed by atoms with Crippen LogP contribution in [0.15, 0.2) is 12.5 Å². The second kappa shape index (κ2) is 2.45. The number of aromatic nitrogens is 2. The first-order valence-electron chi connectivity index (χ1n) is 3.58. The van der Waals surface area contributed by atoms with Crippen LogP contribution in [0.1, 0.15) is 12.8 Å². The van der Waals surface area contributed by atoms with Gasteiger partial charge in [-0.3, -0.25) is 0 Å². The molecular formula is C7H8FN3. The van der Waals surface area contributed by atoms with Crippen molar-refractivity contribution >= 4 is 5.82 Å². The Balaban J connectivity index is 2.15. The highest BCUT2D eigenvalue weighted by Crippen LogP contribution is 2.24. The van der Waals surface area contributed by atoms with Crippen molar-refractivity contribution < 1.29 is 4.39 Å². The molecule has 1 aromatic heterocycles. The van der Waals surface area contributed by atoms with E-state index in [-0.39, 0.29) is 5.82 Å². The third kappa shape index (κ3) is 1.45. The molecule has 1 fully saturated rings. The van der Waals surface area contributed by atoms with Crippen LogP contribution in [0.2, 0.25) is 0 Å². The van der Waals surface area contributed by atoms with Gasteiger partial charge in [0.15, 0.2) is 11.6 Å². The van der Waals surface area contributed by atoms with Crippen LogP contribution in [0.25, 0.3) is 0 Å². The van der Waals surface area contributed by atoms with Crippen molar-refractivity contribution in [2.24, 2.45) is 0 Å². The molecule has 0 aliphatic heterocycles. The number of halogens is 1. The Hall–Kier alpha value is -1.19. The molecular weight excluding hydrogens is 145 g/mol. The average molecular weight is 153 g/mol. The van der Waals surface area contributed by atoms with E-state index in [1.54, 1.807) is 0 Å². The van der Waals surface area contributed by atoms with E-state index in [9.17, 15) is 4.39 Å². The number of nitrogens with zero attached hydrogens (tertiary/aromatic N) is 2. The molecule has 3 nitrogen and oxygen atoms in total. The third-order valence-corrected chi connectivity index (χ3v) is 1.59. The monoisotopic (exact) mass is 153 g/mol. The Kier molecular flexibility index (Phi) is 1.45. The first kappa shape index (κ1) is 6.52. The first-order chi connectivity index (χ1) is 5.36. The van der Waals surface area contributed by atoms with Gasteiger partial charge in [0.25, 0.3) is 0 Å². The lowest BCUT2D eigenvalue weighted by Gasteiger charge is -2.01. The molecule has 58 valence electrons. The van der Waals surface area contributed by atoms with E-state index in [2.05, 4.69) is 15.3 Å². The van der Waals surface area contributed by atoms with E-state index in [0.29, 0.717) is 11.9 Å². The van der Waals surface area contributed by atoms with Crippen LogP contribution in [-0.4, -0.2) is 16.0 Å². The minimum absolute atomic E-state index is 0.322. The molecule has 0 bridgehead atoms. The van der Waals surface area contributed by atoms with Gasteiger partial charge in [-0.25, -0.2) is 14.4 Å². The number of hydrogen-bond acceptors (Lipinski definition) is 3. The van der Waals surface area contributed by atoms with Crippen LogP contribution in [0, 0.1) is 5.82 Å². The SMILES string of the molecule is Fc1cncnc1NC1CC1. The summed E-state index contributed by atoms with van der Waals surface area (Å²) in [6.07, 6.45) is 4.73. The maximum atomic E-state index is 12.8. The van der Waals surface area contributed by atoms with E-state index in [4.69, 9.17) is 0 Å². The molecule has 4 heteroatoms. The van der Waals surface area contributed by atoms with Gasteiger partial charge in [0, 0.05) is 6.04 Å². The topological polar surface area (TPSA) is 37.8 Å². The minimum Gasteiger partial charge on any atom is -0.365 e. The van der Waals surface area contributed by atoms with Gasteiger partial charge in [0.2, 0.25) is 0 Å². The molecule has 0 unspecified atom stereocenters. The standard InChI is InChI=1S/C7H8FN3/c8-6-3-9-4-10-7(6)11-5-1-2-5/h3-5H,1-2H2,(H,9,10,11). The summed E-state index contributed by atoms with van der Waals surface area (Å²) in [7, 11) is 0. The highest BCUT2D eigenvalue weighted by molar-refractivity contribution is 5.36. The molecule has 1 aromatic rings. The normalized spacial score (nSPS) is 16.5. The fourth-order valence-electron chi connectivity index (χ4n) is 0.840. The summed E-state index contributed by atoms with van der Waals surface area (Å²) in [6.45, 7) is 0. The Labute approximate surface area is 63.7 Å². The molecule has 1 N–H and O–H groups in total. The molecule has 2 rings (SSSR count). The van der Waals surface area contributed by atoms with E-state index >= 15 is 0 Å². The summed E-state index contributed by atoms with van der Waals surface area (Å²) >= 11 is 0. The van der Waals surface area contributed by atoms with Gasteiger partial charge >= 0.3 is 0 Å². The molecule has 1 aliphatic rings. The second-order valence-corrected chi connectivity index (χ2v) is 2.64. The Morgan fingerprint density at radius 2 is 2.36 bits per heavy atom. The quantitative estimate of drug-likeness (QED) is 0.693. The second-order valence-electron chi connectivity index (χ2n) is 2.64. The predicted molar refractivity (Wildman–Crippen MR) is 38.6 cm³/mol. The van der Waals surface area contributed by atoms with E-state index in [1.807, 2.05) is 0 Å². The molecule has 1 saturated carbocycles. The van der Waals surface area contributed by atoms with Crippen LogP contribution in [0.5, 0.6) is 0 Å². The van der Waals surface area contributed by atoms with Crippen molar-refractivity contribution in [1.29, 1.82) is 0 Å². The van der Waals surface area contributed by atoms with Crippen molar-refractivity contribution in [3.05, 3.63) is 18.3 Å². The largest absolute Gasteiger partial charge is 0.365 e. The van der Waals surface area contributed by atoms with Gasteiger partial charge < -0.3 is 5.32 Å². The van der Waals surface area contributed by atoms with Crippen LogP contribution in [-0.2, 0) is 0 Å². The van der Waals surface area contributed by atoms with Gasteiger partial charge in [-0.15, -0.1) is 0 Å². The van der Waals surface area contributed by atoms with Crippen molar-refractivity contribution in [2.45, 2.75) is 18.9 Å². The lowest BCUT2D eigenvalue weighted by atomic mass is 10.5. The van der Waals surface area contributed by atoms with Crippen LogP contribution in [0.4, 0.5) is 10.2 Å². The third-order valence-electron chi connectivity index (χ3n) is 1.59. The Morgan fingerprint density at radius 1 is 1.55 bits per heavy atom. The zero-order valence-electron chi connectivity index (χ0n) is 5.92. The van der Waals surface area contributed by atoms with Crippen LogP contribution < -0.4 is 5.32 Å². The molecule has 0 saturated heterocycles. The molecule has 11 heavy (non-hydrogen) atoms. The van der Waals surface area contributed by atoms with E-state index < -0.39 is 0 Å². The molecule has 0 atom stereocenters. The smallest absolute Gasteiger partial charge is 0.183 e. The molecule has 0 spiro atoms. The molecule has 0 aromatic carbocycles. The highest BCUT2D eigenvalue weighted by atomic mass is 19.1. The fraction of sp³-hybridized carbons (Fsp3) is 0.429. The summed E-state index contributed by atoms with van der Waals surface area (Å²) in [5.41, 5.74) is 0. The molecule has 0 radical (unpaired) electrons. The maximum Gasteiger partial charge on any atom is 0.183 e. The lowest BCUT2D eigenvalue weighted by Crippen LogP contribution is -2.05. The predicted octanol–water partition coefficient (Wildman–Crippen LogP) is 1.19. The van der Waals surface area contributed by atoms with Crippen molar-refractivity contribution in [2.75, 3.05) is 5.32 Å². The number of nitrogens with one attached hydrogen (secondary N) is 1. The number of hydrogen-bond donors (Lipinski definition) is 1. The van der Waals surface area contributed by atoms with Crippen molar-refractivity contribution in [3.8, 4) is 0 Å². The maximum absolute atomic E-state index is 12.8. The summed E-state index contributed by atoms with van der Waals surface area (Å²) < 4.78 is 12.8. The Bertz CT molecular complexity index is 260. The van der Waals surface area contributed by atoms with E-state index in [0.717, 1.165) is 19.0 Å². The summed E-state index contributed by atoms with van der Waals surface area (Å²) in [4.78, 5) is 7.31. The first-order valence-corrected chi connectivity index (χ1v) is 3.58. The molecule has 0 amide bonds. The van der Waals surface area contributed by atoms with Gasteiger partial charge in [-0.1, -0.05) is 0 Å². The van der Waals surface area contributed by atoms with Gasteiger partial charge in [0.1, 0.15) is 6.33 Å². The zero-order valence-corrected chi connectivity index (χ0v) is 5.92. The Morgan fingerprint density at radius 3 is 3.00 bits per heavy atom. The van der Waals surface area contributed by atoms with E-state index in [1.165, 1.54) is 6.33 Å². The molecule has 1 aliphatic carbocycles. The summed E-state index contributed by atoms with van der Waals surface area (Å²) in [5.74, 6) is -0.0538. The lowest BCUT2D eigenvalue weighted by molar-refractivity contribution is 0.616. The summed E-state index contributed by atoms with van der Waals surface area (Å²) in [6, 6.07) is 0.430. The fourth-order valence-corrected chi connectivity index (χ4v) is 0.840. The zero-order chi connectivity index (χ0) is 7.68. The van der Waals surface area contributed by atoms with Crippen LogP contribution >= 0.6 is 0 Å². The molecule has 1 heterocycles. The van der Waals surface area contributed by atoms with Crippen LogP contribution in [0.3, 0.4) is 0 Å². The number of rotatable bonds is 2. The minimum atomic E-state index is -0.376. The number of anilines is 1. The summed E-state index contributed by atoms with van der Waals surface area (Å²) in [5, 5.41) is 2.96. The van der Waals surface area contributed by atoms with Gasteiger partial charge in [-0.2, -0.15) is 0 Å². The van der Waals surface area contributed by atoms with Gasteiger partial charge in [-0.05, 0) is 12.8 Å².